The van der Waals surface area contributed by atoms with Crippen LogP contribution in [0.15, 0.2) is 30.3 Å². The van der Waals surface area contributed by atoms with Gasteiger partial charge in [-0.05, 0) is 12.0 Å². The Morgan fingerprint density at radius 2 is 2.07 bits per heavy atom. The molecule has 1 aliphatic rings. The SMILES string of the molecule is O=C(O)[C@]1(c2ccccc2)C[C@H]1CO. The van der Waals surface area contributed by atoms with Crippen LogP contribution in [0.5, 0.6) is 0 Å². The molecule has 0 heterocycles. The monoisotopic (exact) mass is 192 g/mol. The summed E-state index contributed by atoms with van der Waals surface area (Å²) in [5, 5.41) is 18.1. The molecule has 0 aromatic heterocycles. The van der Waals surface area contributed by atoms with Crippen LogP contribution in [0, 0.1) is 5.92 Å². The zero-order valence-corrected chi connectivity index (χ0v) is 7.68. The molecule has 3 nitrogen and oxygen atoms in total. The molecular formula is C11H12O3. The van der Waals surface area contributed by atoms with E-state index in [1.54, 1.807) is 0 Å². The van der Waals surface area contributed by atoms with Crippen molar-refractivity contribution in [2.24, 2.45) is 5.92 Å². The second kappa shape index (κ2) is 3.10. The molecule has 1 aliphatic carbocycles. The normalized spacial score (nSPS) is 29.9. The van der Waals surface area contributed by atoms with E-state index < -0.39 is 11.4 Å². The molecular weight excluding hydrogens is 180 g/mol. The number of rotatable bonds is 3. The van der Waals surface area contributed by atoms with Gasteiger partial charge in [0.2, 0.25) is 0 Å². The minimum Gasteiger partial charge on any atom is -0.481 e. The zero-order valence-electron chi connectivity index (χ0n) is 7.68. The van der Waals surface area contributed by atoms with E-state index in [0.29, 0.717) is 6.42 Å². The Kier molecular flexibility index (Phi) is 2.04. The van der Waals surface area contributed by atoms with E-state index in [4.69, 9.17) is 10.2 Å². The minimum atomic E-state index is -0.831. The molecule has 0 bridgehead atoms. The topological polar surface area (TPSA) is 57.5 Å². The number of carboxylic acid groups (broad SMARTS) is 1. The maximum atomic E-state index is 11.1. The Morgan fingerprint density at radius 3 is 2.50 bits per heavy atom. The molecule has 0 amide bonds. The van der Waals surface area contributed by atoms with Crippen molar-refractivity contribution in [3.8, 4) is 0 Å². The molecule has 0 spiro atoms. The summed E-state index contributed by atoms with van der Waals surface area (Å²) in [4.78, 5) is 11.1. The van der Waals surface area contributed by atoms with Crippen LogP contribution >= 0.6 is 0 Å². The summed E-state index contributed by atoms with van der Waals surface area (Å²) in [5.74, 6) is -0.954. The van der Waals surface area contributed by atoms with E-state index in [0.717, 1.165) is 5.56 Å². The molecule has 1 aromatic carbocycles. The van der Waals surface area contributed by atoms with Gasteiger partial charge in [-0.2, -0.15) is 0 Å². The fourth-order valence-corrected chi connectivity index (χ4v) is 2.02. The van der Waals surface area contributed by atoms with Gasteiger partial charge in [-0.25, -0.2) is 0 Å². The molecule has 0 unspecified atom stereocenters. The lowest BCUT2D eigenvalue weighted by atomic mass is 9.93. The van der Waals surface area contributed by atoms with E-state index in [1.165, 1.54) is 0 Å². The van der Waals surface area contributed by atoms with Crippen LogP contribution in [0.3, 0.4) is 0 Å². The van der Waals surface area contributed by atoms with E-state index in [-0.39, 0.29) is 12.5 Å². The molecule has 0 radical (unpaired) electrons. The number of carboxylic acids is 1. The number of aliphatic carboxylic acids is 1. The quantitative estimate of drug-likeness (QED) is 0.751. The number of hydrogen-bond acceptors (Lipinski definition) is 2. The highest BCUT2D eigenvalue weighted by molar-refractivity contribution is 5.85. The lowest BCUT2D eigenvalue weighted by Crippen LogP contribution is -2.23. The summed E-state index contributed by atoms with van der Waals surface area (Å²) in [6, 6.07) is 9.13. The van der Waals surface area contributed by atoms with Gasteiger partial charge in [0.25, 0.3) is 0 Å². The molecule has 2 rings (SSSR count). The standard InChI is InChI=1S/C11H12O3/c12-7-9-6-11(9,10(13)14)8-4-2-1-3-5-8/h1-5,9,12H,6-7H2,(H,13,14)/t9-,11-/m0/s1. The summed E-state index contributed by atoms with van der Waals surface area (Å²) >= 11 is 0. The second-order valence-electron chi connectivity index (χ2n) is 3.73. The first-order valence-corrected chi connectivity index (χ1v) is 4.61. The molecule has 3 heteroatoms. The third-order valence-corrected chi connectivity index (χ3v) is 3.00. The molecule has 2 N–H and O–H groups in total. The first-order valence-electron chi connectivity index (χ1n) is 4.61. The van der Waals surface area contributed by atoms with Gasteiger partial charge in [0.1, 0.15) is 0 Å². The zero-order chi connectivity index (χ0) is 10.2. The van der Waals surface area contributed by atoms with E-state index in [1.807, 2.05) is 30.3 Å². The third-order valence-electron chi connectivity index (χ3n) is 3.00. The van der Waals surface area contributed by atoms with Crippen molar-refractivity contribution >= 4 is 5.97 Å². The number of aliphatic hydroxyl groups excluding tert-OH is 1. The highest BCUT2D eigenvalue weighted by Gasteiger charge is 2.61. The molecule has 74 valence electrons. The predicted octanol–water partition coefficient (Wildman–Crippen LogP) is 1.02. The molecule has 1 aromatic rings. The first kappa shape index (κ1) is 9.21. The summed E-state index contributed by atoms with van der Waals surface area (Å²) in [6.07, 6.45) is 0.544. The van der Waals surface area contributed by atoms with Crippen molar-refractivity contribution in [1.29, 1.82) is 0 Å². The van der Waals surface area contributed by atoms with Gasteiger partial charge in [-0.3, -0.25) is 4.79 Å². The summed E-state index contributed by atoms with van der Waals surface area (Å²) < 4.78 is 0. The van der Waals surface area contributed by atoms with Crippen LogP contribution in [0.25, 0.3) is 0 Å². The van der Waals surface area contributed by atoms with Crippen molar-refractivity contribution in [3.63, 3.8) is 0 Å². The lowest BCUT2D eigenvalue weighted by Gasteiger charge is -2.11. The summed E-state index contributed by atoms with van der Waals surface area (Å²) in [7, 11) is 0. The average molecular weight is 192 g/mol. The number of hydrogen-bond donors (Lipinski definition) is 2. The van der Waals surface area contributed by atoms with Crippen LogP contribution < -0.4 is 0 Å². The number of aliphatic hydroxyl groups is 1. The van der Waals surface area contributed by atoms with E-state index >= 15 is 0 Å². The van der Waals surface area contributed by atoms with E-state index in [9.17, 15) is 4.79 Å². The highest BCUT2D eigenvalue weighted by atomic mass is 16.4. The molecule has 14 heavy (non-hydrogen) atoms. The van der Waals surface area contributed by atoms with Gasteiger partial charge in [0, 0.05) is 12.5 Å². The molecule has 0 saturated heterocycles. The van der Waals surface area contributed by atoms with Gasteiger partial charge in [0.05, 0.1) is 5.41 Å². The predicted molar refractivity (Wildman–Crippen MR) is 50.9 cm³/mol. The van der Waals surface area contributed by atoms with Crippen molar-refractivity contribution in [2.45, 2.75) is 11.8 Å². The van der Waals surface area contributed by atoms with Crippen LogP contribution in [-0.4, -0.2) is 22.8 Å². The lowest BCUT2D eigenvalue weighted by molar-refractivity contribution is -0.140. The summed E-state index contributed by atoms with van der Waals surface area (Å²) in [5.41, 5.74) is -0.0257. The Labute approximate surface area is 82.0 Å². The molecule has 0 aliphatic heterocycles. The maximum Gasteiger partial charge on any atom is 0.314 e. The van der Waals surface area contributed by atoms with Crippen molar-refractivity contribution in [1.82, 2.24) is 0 Å². The molecule has 1 saturated carbocycles. The molecule has 1 fully saturated rings. The Balaban J connectivity index is 2.36. The third kappa shape index (κ3) is 1.13. The fourth-order valence-electron chi connectivity index (χ4n) is 2.02. The first-order chi connectivity index (χ1) is 6.71. The minimum absolute atomic E-state index is 0.0544. The Bertz CT molecular complexity index is 347. The van der Waals surface area contributed by atoms with Crippen LogP contribution in [0.1, 0.15) is 12.0 Å². The van der Waals surface area contributed by atoms with Gasteiger partial charge in [0.15, 0.2) is 0 Å². The Morgan fingerprint density at radius 1 is 1.43 bits per heavy atom. The van der Waals surface area contributed by atoms with E-state index in [2.05, 4.69) is 0 Å². The highest BCUT2D eigenvalue weighted by Crippen LogP contribution is 2.54. The van der Waals surface area contributed by atoms with Crippen molar-refractivity contribution in [3.05, 3.63) is 35.9 Å². The van der Waals surface area contributed by atoms with Crippen molar-refractivity contribution in [2.75, 3.05) is 6.61 Å². The van der Waals surface area contributed by atoms with Crippen LogP contribution in [-0.2, 0) is 10.2 Å². The average Bonchev–Trinajstić information content (AvgIpc) is 2.94. The second-order valence-corrected chi connectivity index (χ2v) is 3.73. The maximum absolute atomic E-state index is 11.1. The van der Waals surface area contributed by atoms with Crippen LogP contribution in [0.4, 0.5) is 0 Å². The smallest absolute Gasteiger partial charge is 0.314 e. The van der Waals surface area contributed by atoms with Gasteiger partial charge in [-0.15, -0.1) is 0 Å². The molecule has 2 atom stereocenters. The van der Waals surface area contributed by atoms with Gasteiger partial charge in [-0.1, -0.05) is 30.3 Å². The van der Waals surface area contributed by atoms with Gasteiger partial charge >= 0.3 is 5.97 Å². The summed E-state index contributed by atoms with van der Waals surface area (Å²) in [6.45, 7) is -0.0544. The Hall–Kier alpha value is -1.35. The van der Waals surface area contributed by atoms with Crippen molar-refractivity contribution < 1.29 is 15.0 Å². The number of benzene rings is 1. The number of carbonyl (C=O) groups is 1. The fraction of sp³-hybridized carbons (Fsp3) is 0.364. The van der Waals surface area contributed by atoms with Crippen LogP contribution in [0.2, 0.25) is 0 Å². The van der Waals surface area contributed by atoms with Gasteiger partial charge < -0.3 is 10.2 Å². The largest absolute Gasteiger partial charge is 0.481 e.